The zero-order valence-corrected chi connectivity index (χ0v) is 6.96. The summed E-state index contributed by atoms with van der Waals surface area (Å²) < 4.78 is 0. The van der Waals surface area contributed by atoms with Crippen LogP contribution in [-0.4, -0.2) is 36.1 Å². The summed E-state index contributed by atoms with van der Waals surface area (Å²) in [6.45, 7) is 3.72. The van der Waals surface area contributed by atoms with E-state index < -0.39 is 0 Å². The van der Waals surface area contributed by atoms with Crippen molar-refractivity contribution in [2.24, 2.45) is 5.84 Å². The van der Waals surface area contributed by atoms with E-state index in [0.717, 1.165) is 0 Å². The predicted molar refractivity (Wildman–Crippen MR) is 40.2 cm³/mol. The smallest absolute Gasteiger partial charge is 0.330 e. The minimum Gasteiger partial charge on any atom is -0.330 e. The molecule has 0 bridgehead atoms. The maximum Gasteiger partial charge on any atom is 0.333 e. The van der Waals surface area contributed by atoms with Gasteiger partial charge in [0.25, 0.3) is 0 Å². The van der Waals surface area contributed by atoms with Gasteiger partial charge in [-0.15, -0.1) is 0 Å². The number of hydrazine groups is 1. The van der Waals surface area contributed by atoms with E-state index in [-0.39, 0.29) is 12.1 Å². The predicted octanol–water partition coefficient (Wildman–Crippen LogP) is 0.252. The van der Waals surface area contributed by atoms with Gasteiger partial charge < -0.3 is 4.90 Å². The van der Waals surface area contributed by atoms with Crippen molar-refractivity contribution in [1.29, 1.82) is 0 Å². The average molecular weight is 145 g/mol. The molecule has 0 aliphatic carbocycles. The van der Waals surface area contributed by atoms with Gasteiger partial charge in [0.15, 0.2) is 0 Å². The molecule has 0 saturated heterocycles. The maximum absolute atomic E-state index is 11.0. The SMILES string of the molecule is CC(C)N(N)C(=O)N(C)C. The van der Waals surface area contributed by atoms with Crippen LogP contribution in [0, 0.1) is 0 Å². The molecule has 0 heterocycles. The number of amides is 2. The summed E-state index contributed by atoms with van der Waals surface area (Å²) in [4.78, 5) is 12.5. The topological polar surface area (TPSA) is 49.6 Å². The van der Waals surface area contributed by atoms with E-state index in [0.29, 0.717) is 0 Å². The van der Waals surface area contributed by atoms with Gasteiger partial charge in [-0.1, -0.05) is 0 Å². The standard InChI is InChI=1S/C6H15N3O/c1-5(2)9(7)6(10)8(3)4/h5H,7H2,1-4H3. The van der Waals surface area contributed by atoms with Gasteiger partial charge in [0, 0.05) is 20.1 Å². The van der Waals surface area contributed by atoms with E-state index in [4.69, 9.17) is 5.84 Å². The summed E-state index contributed by atoms with van der Waals surface area (Å²) in [5, 5.41) is 1.19. The molecule has 0 fully saturated rings. The van der Waals surface area contributed by atoms with E-state index in [9.17, 15) is 4.79 Å². The van der Waals surface area contributed by atoms with Gasteiger partial charge in [-0.3, -0.25) is 5.01 Å². The molecule has 0 radical (unpaired) electrons. The van der Waals surface area contributed by atoms with Crippen LogP contribution in [0.1, 0.15) is 13.8 Å². The second-order valence-corrected chi connectivity index (χ2v) is 2.68. The molecular formula is C6H15N3O. The molecular weight excluding hydrogens is 130 g/mol. The molecule has 0 aromatic carbocycles. The first-order valence-electron chi connectivity index (χ1n) is 3.22. The Balaban J connectivity index is 3.95. The van der Waals surface area contributed by atoms with Gasteiger partial charge in [-0.05, 0) is 13.8 Å². The molecule has 0 spiro atoms. The van der Waals surface area contributed by atoms with Crippen LogP contribution in [0.25, 0.3) is 0 Å². The van der Waals surface area contributed by atoms with Crippen LogP contribution < -0.4 is 5.84 Å². The fourth-order valence-electron chi connectivity index (χ4n) is 0.452. The lowest BCUT2D eigenvalue weighted by molar-refractivity contribution is 0.158. The second-order valence-electron chi connectivity index (χ2n) is 2.68. The number of urea groups is 1. The number of rotatable bonds is 1. The lowest BCUT2D eigenvalue weighted by Crippen LogP contribution is -2.47. The van der Waals surface area contributed by atoms with E-state index in [1.165, 1.54) is 9.91 Å². The fraction of sp³-hybridized carbons (Fsp3) is 0.833. The summed E-state index contributed by atoms with van der Waals surface area (Å²) in [5.74, 6) is 5.40. The Morgan fingerprint density at radius 2 is 1.80 bits per heavy atom. The number of nitrogens with zero attached hydrogens (tertiary/aromatic N) is 2. The number of carbonyl (C=O) groups excluding carboxylic acids is 1. The highest BCUT2D eigenvalue weighted by molar-refractivity contribution is 5.73. The van der Waals surface area contributed by atoms with Crippen molar-refractivity contribution < 1.29 is 4.79 Å². The Morgan fingerprint density at radius 1 is 1.40 bits per heavy atom. The summed E-state index contributed by atoms with van der Waals surface area (Å²) in [7, 11) is 3.34. The molecule has 0 aromatic heterocycles. The highest BCUT2D eigenvalue weighted by atomic mass is 16.2. The van der Waals surface area contributed by atoms with Crippen molar-refractivity contribution in [3.05, 3.63) is 0 Å². The first-order valence-corrected chi connectivity index (χ1v) is 3.22. The number of hydrogen-bond acceptors (Lipinski definition) is 2. The van der Waals surface area contributed by atoms with E-state index in [1.807, 2.05) is 13.8 Å². The normalized spacial score (nSPS) is 9.80. The summed E-state index contributed by atoms with van der Waals surface area (Å²) >= 11 is 0. The second kappa shape index (κ2) is 3.41. The third-order valence-electron chi connectivity index (χ3n) is 1.16. The van der Waals surface area contributed by atoms with Gasteiger partial charge in [0.05, 0.1) is 0 Å². The van der Waals surface area contributed by atoms with Crippen LogP contribution in [0.3, 0.4) is 0 Å². The van der Waals surface area contributed by atoms with Crippen molar-refractivity contribution in [1.82, 2.24) is 9.91 Å². The highest BCUT2D eigenvalue weighted by Crippen LogP contribution is 1.93. The van der Waals surface area contributed by atoms with Crippen molar-refractivity contribution in [2.45, 2.75) is 19.9 Å². The Labute approximate surface area is 61.6 Å². The molecule has 10 heavy (non-hydrogen) atoms. The zero-order valence-electron chi connectivity index (χ0n) is 6.96. The van der Waals surface area contributed by atoms with Crippen molar-refractivity contribution >= 4 is 6.03 Å². The molecule has 0 aliphatic rings. The highest BCUT2D eigenvalue weighted by Gasteiger charge is 2.13. The molecule has 2 amide bonds. The van der Waals surface area contributed by atoms with Crippen LogP contribution >= 0.6 is 0 Å². The number of hydrogen-bond donors (Lipinski definition) is 1. The van der Waals surface area contributed by atoms with Crippen molar-refractivity contribution in [3.8, 4) is 0 Å². The van der Waals surface area contributed by atoms with Gasteiger partial charge in [0.1, 0.15) is 0 Å². The molecule has 60 valence electrons. The van der Waals surface area contributed by atoms with Crippen LogP contribution in [0.5, 0.6) is 0 Å². The Hall–Kier alpha value is -0.770. The van der Waals surface area contributed by atoms with Crippen LogP contribution in [-0.2, 0) is 0 Å². The Bertz CT molecular complexity index is 122. The van der Waals surface area contributed by atoms with Gasteiger partial charge in [-0.25, -0.2) is 10.6 Å². The Kier molecular flexibility index (Phi) is 3.15. The molecule has 0 atom stereocenters. The van der Waals surface area contributed by atoms with Gasteiger partial charge in [-0.2, -0.15) is 0 Å². The lowest BCUT2D eigenvalue weighted by Gasteiger charge is -2.24. The average Bonchev–Trinajstić information content (AvgIpc) is 1.84. The van der Waals surface area contributed by atoms with Crippen LogP contribution in [0.2, 0.25) is 0 Å². The summed E-state index contributed by atoms with van der Waals surface area (Å²) in [6, 6.07) is -0.120. The molecule has 0 unspecified atom stereocenters. The molecule has 0 aromatic rings. The minimum atomic E-state index is -0.171. The van der Waals surface area contributed by atoms with E-state index >= 15 is 0 Å². The van der Waals surface area contributed by atoms with Crippen molar-refractivity contribution in [3.63, 3.8) is 0 Å². The molecule has 0 rings (SSSR count). The molecule has 2 N–H and O–H groups in total. The largest absolute Gasteiger partial charge is 0.333 e. The lowest BCUT2D eigenvalue weighted by atomic mass is 10.4. The van der Waals surface area contributed by atoms with Crippen LogP contribution in [0.15, 0.2) is 0 Å². The third-order valence-corrected chi connectivity index (χ3v) is 1.16. The van der Waals surface area contributed by atoms with Gasteiger partial charge in [0.2, 0.25) is 0 Å². The minimum absolute atomic E-state index is 0.0508. The quantitative estimate of drug-likeness (QED) is 0.327. The molecule has 0 aliphatic heterocycles. The monoisotopic (exact) mass is 145 g/mol. The van der Waals surface area contributed by atoms with E-state index in [2.05, 4.69) is 0 Å². The maximum atomic E-state index is 11.0. The number of nitrogens with two attached hydrogens (primary N) is 1. The molecule has 4 heteroatoms. The Morgan fingerprint density at radius 3 is 1.90 bits per heavy atom. The van der Waals surface area contributed by atoms with Crippen molar-refractivity contribution in [2.75, 3.05) is 14.1 Å². The zero-order chi connectivity index (χ0) is 8.31. The summed E-state index contributed by atoms with van der Waals surface area (Å²) in [6.07, 6.45) is 0. The van der Waals surface area contributed by atoms with E-state index in [1.54, 1.807) is 14.1 Å². The first kappa shape index (κ1) is 9.23. The summed E-state index contributed by atoms with van der Waals surface area (Å²) in [5.41, 5.74) is 0. The third kappa shape index (κ3) is 2.23. The number of carbonyl (C=O) groups is 1. The fourth-order valence-corrected chi connectivity index (χ4v) is 0.452. The molecule has 0 saturated carbocycles. The molecule has 4 nitrogen and oxygen atoms in total. The van der Waals surface area contributed by atoms with Gasteiger partial charge >= 0.3 is 6.03 Å². The first-order chi connectivity index (χ1) is 4.46. The van der Waals surface area contributed by atoms with Crippen LogP contribution in [0.4, 0.5) is 4.79 Å².